The Hall–Kier alpha value is -2.62. The Balaban J connectivity index is 1.60. The predicted molar refractivity (Wildman–Crippen MR) is 105 cm³/mol. The van der Waals surface area contributed by atoms with E-state index in [2.05, 4.69) is 24.3 Å². The van der Waals surface area contributed by atoms with E-state index in [1.54, 1.807) is 11.8 Å². The maximum Gasteiger partial charge on any atom is 0.407 e. The molecule has 1 N–H and O–H groups in total. The Morgan fingerprint density at radius 1 is 0.926 bits per heavy atom. The number of nitrogens with zero attached hydrogens (tertiary/aromatic N) is 1. The summed E-state index contributed by atoms with van der Waals surface area (Å²) >= 11 is 0. The number of carbonyl (C=O) groups is 2. The third-order valence-corrected chi connectivity index (χ3v) is 6.30. The summed E-state index contributed by atoms with van der Waals surface area (Å²) in [5.41, 5.74) is 4.84. The molecule has 2 aliphatic rings. The largest absolute Gasteiger partial charge is 0.465 e. The first-order chi connectivity index (χ1) is 13.1. The second-order valence-corrected chi connectivity index (χ2v) is 7.78. The zero-order chi connectivity index (χ0) is 19.0. The number of Topliss-reactive ketones (excluding diaryl/α,β-unsaturated/α-hetero) is 1. The molecule has 0 spiro atoms. The molecule has 2 aliphatic carbocycles. The summed E-state index contributed by atoms with van der Waals surface area (Å²) in [5, 5.41) is 9.92. The highest BCUT2D eigenvalue weighted by molar-refractivity contribution is 5.79. The zero-order valence-electron chi connectivity index (χ0n) is 15.6. The lowest BCUT2D eigenvalue weighted by atomic mass is 9.83. The summed E-state index contributed by atoms with van der Waals surface area (Å²) in [6, 6.07) is 16.6. The van der Waals surface area contributed by atoms with Gasteiger partial charge in [-0.25, -0.2) is 4.79 Å². The lowest BCUT2D eigenvalue weighted by Gasteiger charge is -2.36. The van der Waals surface area contributed by atoms with Crippen LogP contribution in [-0.2, 0) is 4.79 Å². The molecule has 1 fully saturated rings. The van der Waals surface area contributed by atoms with Crippen LogP contribution in [-0.4, -0.2) is 34.5 Å². The van der Waals surface area contributed by atoms with Crippen LogP contribution in [0.3, 0.4) is 0 Å². The molecule has 0 atom stereocenters. The smallest absolute Gasteiger partial charge is 0.407 e. The summed E-state index contributed by atoms with van der Waals surface area (Å²) in [4.78, 5) is 25.3. The van der Waals surface area contributed by atoms with Crippen LogP contribution in [0.2, 0.25) is 0 Å². The van der Waals surface area contributed by atoms with Crippen LogP contribution in [0.15, 0.2) is 48.5 Å². The summed E-state index contributed by atoms with van der Waals surface area (Å²) in [6.07, 6.45) is 2.27. The van der Waals surface area contributed by atoms with Gasteiger partial charge >= 0.3 is 6.09 Å². The number of rotatable bonds is 4. The number of benzene rings is 2. The Kier molecular flexibility index (Phi) is 4.73. The van der Waals surface area contributed by atoms with Crippen LogP contribution in [0.25, 0.3) is 11.1 Å². The van der Waals surface area contributed by atoms with E-state index in [1.807, 2.05) is 24.3 Å². The Labute approximate surface area is 159 Å². The van der Waals surface area contributed by atoms with Gasteiger partial charge in [0.05, 0.1) is 0 Å². The van der Waals surface area contributed by atoms with Crippen molar-refractivity contribution in [2.45, 2.75) is 44.6 Å². The van der Waals surface area contributed by atoms with Crippen molar-refractivity contribution in [3.05, 3.63) is 59.7 Å². The maximum atomic E-state index is 12.1. The van der Waals surface area contributed by atoms with Gasteiger partial charge in [-0.15, -0.1) is 0 Å². The van der Waals surface area contributed by atoms with E-state index >= 15 is 0 Å². The Morgan fingerprint density at radius 2 is 1.44 bits per heavy atom. The molecule has 27 heavy (non-hydrogen) atoms. The fourth-order valence-electron chi connectivity index (χ4n) is 4.83. The van der Waals surface area contributed by atoms with Gasteiger partial charge in [0, 0.05) is 24.4 Å². The Morgan fingerprint density at radius 3 is 1.93 bits per heavy atom. The first-order valence-electron chi connectivity index (χ1n) is 9.74. The monoisotopic (exact) mass is 363 g/mol. The van der Waals surface area contributed by atoms with Crippen molar-refractivity contribution in [2.75, 3.05) is 6.54 Å². The first kappa shape index (κ1) is 17.8. The molecule has 1 amide bonds. The quantitative estimate of drug-likeness (QED) is 0.838. The molecule has 2 aromatic carbocycles. The molecule has 0 saturated heterocycles. The van der Waals surface area contributed by atoms with Gasteiger partial charge in [0.1, 0.15) is 5.78 Å². The second-order valence-electron chi connectivity index (χ2n) is 7.78. The topological polar surface area (TPSA) is 57.6 Å². The fraction of sp³-hybridized carbons (Fsp3) is 0.391. The normalized spacial score (nSPS) is 21.4. The summed E-state index contributed by atoms with van der Waals surface area (Å²) in [7, 11) is 0. The van der Waals surface area contributed by atoms with Crippen LogP contribution in [0.5, 0.6) is 0 Å². The van der Waals surface area contributed by atoms with Crippen molar-refractivity contribution in [1.29, 1.82) is 0 Å². The van der Waals surface area contributed by atoms with Gasteiger partial charge in [-0.2, -0.15) is 0 Å². The van der Waals surface area contributed by atoms with Crippen LogP contribution < -0.4 is 0 Å². The molecule has 1 saturated carbocycles. The van der Waals surface area contributed by atoms with Gasteiger partial charge < -0.3 is 10.0 Å². The molecule has 0 heterocycles. The molecule has 2 aromatic rings. The van der Waals surface area contributed by atoms with Gasteiger partial charge in [-0.05, 0) is 54.9 Å². The van der Waals surface area contributed by atoms with E-state index in [0.717, 1.165) is 25.7 Å². The molecule has 0 radical (unpaired) electrons. The van der Waals surface area contributed by atoms with Crippen molar-refractivity contribution in [3.63, 3.8) is 0 Å². The predicted octanol–water partition coefficient (Wildman–Crippen LogP) is 4.93. The standard InChI is InChI=1S/C23H25NO3/c1-15(25)16-10-12-17(13-11-16)24(23(26)27)14-22-20-8-4-2-6-18(20)19-7-3-5-9-21(19)22/h2-9,16-17,22H,10-14H2,1H3,(H,26,27). The van der Waals surface area contributed by atoms with Crippen LogP contribution >= 0.6 is 0 Å². The molecular weight excluding hydrogens is 338 g/mol. The average molecular weight is 363 g/mol. The van der Waals surface area contributed by atoms with Gasteiger partial charge in [0.2, 0.25) is 0 Å². The minimum atomic E-state index is -0.858. The maximum absolute atomic E-state index is 12.1. The highest BCUT2D eigenvalue weighted by Gasteiger charge is 2.35. The third kappa shape index (κ3) is 3.25. The second kappa shape index (κ2) is 7.18. The van der Waals surface area contributed by atoms with Crippen LogP contribution in [0, 0.1) is 5.92 Å². The highest BCUT2D eigenvalue weighted by Crippen LogP contribution is 2.45. The molecular formula is C23H25NO3. The molecule has 140 valence electrons. The molecule has 0 aromatic heterocycles. The molecule has 4 nitrogen and oxygen atoms in total. The van der Waals surface area contributed by atoms with Crippen LogP contribution in [0.1, 0.15) is 49.7 Å². The van der Waals surface area contributed by atoms with Crippen molar-refractivity contribution < 1.29 is 14.7 Å². The number of ketones is 1. The van der Waals surface area contributed by atoms with E-state index < -0.39 is 6.09 Å². The number of hydrogen-bond donors (Lipinski definition) is 1. The number of carbonyl (C=O) groups excluding carboxylic acids is 1. The van der Waals surface area contributed by atoms with E-state index in [-0.39, 0.29) is 23.7 Å². The SMILES string of the molecule is CC(=O)C1CCC(N(CC2c3ccccc3-c3ccccc32)C(=O)O)CC1. The summed E-state index contributed by atoms with van der Waals surface area (Å²) in [6.45, 7) is 2.12. The van der Waals surface area contributed by atoms with E-state index in [0.29, 0.717) is 6.54 Å². The molecule has 0 aliphatic heterocycles. The molecule has 4 heteroatoms. The van der Waals surface area contributed by atoms with Gasteiger partial charge in [-0.3, -0.25) is 4.79 Å². The fourth-order valence-corrected chi connectivity index (χ4v) is 4.83. The summed E-state index contributed by atoms with van der Waals surface area (Å²) in [5.74, 6) is 0.401. The van der Waals surface area contributed by atoms with Gasteiger partial charge in [0.25, 0.3) is 0 Å². The lowest BCUT2D eigenvalue weighted by molar-refractivity contribution is -0.121. The van der Waals surface area contributed by atoms with Gasteiger partial charge in [-0.1, -0.05) is 48.5 Å². The highest BCUT2D eigenvalue weighted by atomic mass is 16.4. The average Bonchev–Trinajstić information content (AvgIpc) is 3.00. The van der Waals surface area contributed by atoms with Crippen molar-refractivity contribution in [1.82, 2.24) is 4.90 Å². The minimum absolute atomic E-state index is 0.00183. The summed E-state index contributed by atoms with van der Waals surface area (Å²) < 4.78 is 0. The minimum Gasteiger partial charge on any atom is -0.465 e. The number of fused-ring (bicyclic) bond motifs is 3. The number of hydrogen-bond acceptors (Lipinski definition) is 2. The molecule has 4 rings (SSSR count). The van der Waals surface area contributed by atoms with Crippen molar-refractivity contribution in [3.8, 4) is 11.1 Å². The van der Waals surface area contributed by atoms with E-state index in [4.69, 9.17) is 0 Å². The van der Waals surface area contributed by atoms with Crippen molar-refractivity contribution in [2.24, 2.45) is 5.92 Å². The van der Waals surface area contributed by atoms with Crippen LogP contribution in [0.4, 0.5) is 4.79 Å². The first-order valence-corrected chi connectivity index (χ1v) is 9.74. The molecule has 0 unspecified atom stereocenters. The number of amides is 1. The van der Waals surface area contributed by atoms with Crippen molar-refractivity contribution >= 4 is 11.9 Å². The Bertz CT molecular complexity index is 822. The van der Waals surface area contributed by atoms with E-state index in [1.165, 1.54) is 22.3 Å². The lowest BCUT2D eigenvalue weighted by Crippen LogP contribution is -2.44. The zero-order valence-corrected chi connectivity index (χ0v) is 15.6. The van der Waals surface area contributed by atoms with Gasteiger partial charge in [0.15, 0.2) is 0 Å². The number of carboxylic acid groups (broad SMARTS) is 1. The third-order valence-electron chi connectivity index (χ3n) is 6.30. The molecule has 0 bridgehead atoms. The van der Waals surface area contributed by atoms with E-state index in [9.17, 15) is 14.7 Å².